The maximum absolute atomic E-state index is 12.3. The minimum atomic E-state index is -0.0570. The maximum Gasteiger partial charge on any atom is 0.170 e. The van der Waals surface area contributed by atoms with Crippen LogP contribution in [0.2, 0.25) is 0 Å². The molecule has 0 heterocycles. The van der Waals surface area contributed by atoms with E-state index in [1.54, 1.807) is 6.07 Å². The van der Waals surface area contributed by atoms with Crippen LogP contribution in [0.5, 0.6) is 0 Å². The van der Waals surface area contributed by atoms with Gasteiger partial charge < -0.3 is 11.5 Å². The van der Waals surface area contributed by atoms with Crippen molar-refractivity contribution in [1.29, 1.82) is 0 Å². The van der Waals surface area contributed by atoms with Gasteiger partial charge in [0.2, 0.25) is 0 Å². The summed E-state index contributed by atoms with van der Waals surface area (Å²) in [5.74, 6) is 0.302. The summed E-state index contributed by atoms with van der Waals surface area (Å²) in [5.41, 5.74) is 14.8. The van der Waals surface area contributed by atoms with Gasteiger partial charge in [-0.05, 0) is 42.2 Å². The zero-order chi connectivity index (χ0) is 12.0. The number of carbonyl (C=O) groups is 1. The van der Waals surface area contributed by atoms with E-state index in [4.69, 9.17) is 11.5 Å². The van der Waals surface area contributed by atoms with E-state index in [0.717, 1.165) is 23.2 Å². The normalized spacial score (nSPS) is 26.1. The molecular weight excluding hydrogens is 212 g/mol. The van der Waals surface area contributed by atoms with Gasteiger partial charge in [-0.3, -0.25) is 4.79 Å². The van der Waals surface area contributed by atoms with E-state index in [2.05, 4.69) is 0 Å². The molecule has 2 atom stereocenters. The molecule has 0 amide bonds. The van der Waals surface area contributed by atoms with Gasteiger partial charge in [0, 0.05) is 22.9 Å². The zero-order valence-electron chi connectivity index (χ0n) is 9.39. The van der Waals surface area contributed by atoms with Crippen LogP contribution in [-0.4, -0.2) is 5.78 Å². The number of benzene rings is 1. The van der Waals surface area contributed by atoms with E-state index in [9.17, 15) is 4.79 Å². The number of nitrogens with two attached hydrogens (primary N) is 2. The van der Waals surface area contributed by atoms with Crippen molar-refractivity contribution in [2.45, 2.75) is 6.42 Å². The minimum absolute atomic E-state index is 0.0570. The van der Waals surface area contributed by atoms with Crippen molar-refractivity contribution in [3.8, 4) is 0 Å². The lowest BCUT2D eigenvalue weighted by Crippen LogP contribution is -2.31. The lowest BCUT2D eigenvalue weighted by Gasteiger charge is -2.30. The second-order valence-electron chi connectivity index (χ2n) is 4.70. The molecule has 0 radical (unpaired) electrons. The average Bonchev–Trinajstić information content (AvgIpc) is 2.28. The van der Waals surface area contributed by atoms with Crippen molar-refractivity contribution >= 4 is 11.5 Å². The molecule has 2 aliphatic rings. The third-order valence-corrected chi connectivity index (χ3v) is 3.52. The number of hydrogen-bond acceptors (Lipinski definition) is 3. The molecule has 0 bridgehead atoms. The Kier molecular flexibility index (Phi) is 2.08. The summed E-state index contributed by atoms with van der Waals surface area (Å²) >= 11 is 0. The number of rotatable bonds is 0. The smallest absolute Gasteiger partial charge is 0.170 e. The van der Waals surface area contributed by atoms with Gasteiger partial charge in [0.15, 0.2) is 5.78 Å². The SMILES string of the molecule is NC1=CC2Cc3cc(N)ccc3C(=O)C2C=C1. The lowest BCUT2D eigenvalue weighted by molar-refractivity contribution is 0.0907. The molecule has 86 valence electrons. The number of carbonyl (C=O) groups excluding carboxylic acids is 1. The molecule has 2 unspecified atom stereocenters. The van der Waals surface area contributed by atoms with Crippen LogP contribution < -0.4 is 11.5 Å². The number of fused-ring (bicyclic) bond motifs is 2. The molecule has 1 aromatic carbocycles. The van der Waals surface area contributed by atoms with E-state index in [1.807, 2.05) is 30.4 Å². The number of Topliss-reactive ketones (excluding diaryl/α,β-unsaturated/α-hetero) is 1. The first kappa shape index (κ1) is 10.1. The predicted molar refractivity (Wildman–Crippen MR) is 67.3 cm³/mol. The van der Waals surface area contributed by atoms with Crippen molar-refractivity contribution in [3.05, 3.63) is 53.3 Å². The molecule has 3 heteroatoms. The summed E-state index contributed by atoms with van der Waals surface area (Å²) in [7, 11) is 0. The number of allylic oxidation sites excluding steroid dienone is 3. The molecule has 0 aliphatic heterocycles. The van der Waals surface area contributed by atoms with Crippen LogP contribution in [0.4, 0.5) is 5.69 Å². The average molecular weight is 226 g/mol. The summed E-state index contributed by atoms with van der Waals surface area (Å²) in [6, 6.07) is 5.51. The molecule has 2 aliphatic carbocycles. The summed E-state index contributed by atoms with van der Waals surface area (Å²) in [4.78, 5) is 12.3. The standard InChI is InChI=1S/C14H14N2O/c15-10-1-3-12-8(6-10)5-9-7-11(16)2-4-13(9)14(12)17/h1-4,6-8,12H,5,15-16H2. The van der Waals surface area contributed by atoms with Crippen LogP contribution in [0.1, 0.15) is 15.9 Å². The fourth-order valence-corrected chi connectivity index (χ4v) is 2.69. The number of hydrogen-bond donors (Lipinski definition) is 2. The summed E-state index contributed by atoms with van der Waals surface area (Å²) < 4.78 is 0. The largest absolute Gasteiger partial charge is 0.399 e. The van der Waals surface area contributed by atoms with Gasteiger partial charge in [-0.25, -0.2) is 0 Å². The lowest BCUT2D eigenvalue weighted by atomic mass is 9.73. The quantitative estimate of drug-likeness (QED) is 0.661. The molecule has 0 aromatic heterocycles. The van der Waals surface area contributed by atoms with E-state index >= 15 is 0 Å². The van der Waals surface area contributed by atoms with Crippen LogP contribution >= 0.6 is 0 Å². The number of ketones is 1. The van der Waals surface area contributed by atoms with Gasteiger partial charge in [0.25, 0.3) is 0 Å². The topological polar surface area (TPSA) is 69.1 Å². The third-order valence-electron chi connectivity index (χ3n) is 3.52. The van der Waals surface area contributed by atoms with Crippen molar-refractivity contribution in [1.82, 2.24) is 0 Å². The van der Waals surface area contributed by atoms with Crippen molar-refractivity contribution in [2.24, 2.45) is 17.6 Å². The van der Waals surface area contributed by atoms with E-state index in [1.165, 1.54) is 0 Å². The van der Waals surface area contributed by atoms with Crippen LogP contribution in [0.3, 0.4) is 0 Å². The van der Waals surface area contributed by atoms with Crippen LogP contribution in [0.25, 0.3) is 0 Å². The van der Waals surface area contributed by atoms with Gasteiger partial charge in [0.05, 0.1) is 0 Å². The minimum Gasteiger partial charge on any atom is -0.399 e. The molecule has 0 fully saturated rings. The van der Waals surface area contributed by atoms with Gasteiger partial charge in [-0.1, -0.05) is 12.2 Å². The summed E-state index contributed by atoms with van der Waals surface area (Å²) in [6.07, 6.45) is 6.56. The van der Waals surface area contributed by atoms with Gasteiger partial charge in [-0.15, -0.1) is 0 Å². The zero-order valence-corrected chi connectivity index (χ0v) is 9.39. The molecule has 1 aromatic rings. The highest BCUT2D eigenvalue weighted by Crippen LogP contribution is 2.35. The molecule has 0 spiro atoms. The monoisotopic (exact) mass is 226 g/mol. The van der Waals surface area contributed by atoms with Gasteiger partial charge in [0.1, 0.15) is 0 Å². The van der Waals surface area contributed by atoms with Crippen LogP contribution in [0.15, 0.2) is 42.1 Å². The first-order valence-corrected chi connectivity index (χ1v) is 5.73. The van der Waals surface area contributed by atoms with Crippen LogP contribution in [-0.2, 0) is 6.42 Å². The number of nitrogen functional groups attached to an aromatic ring is 1. The number of anilines is 1. The maximum atomic E-state index is 12.3. The molecule has 3 rings (SSSR count). The van der Waals surface area contributed by atoms with Crippen molar-refractivity contribution < 1.29 is 4.79 Å². The Bertz CT molecular complexity index is 557. The van der Waals surface area contributed by atoms with E-state index < -0.39 is 0 Å². The predicted octanol–water partition coefficient (Wildman–Crippen LogP) is 1.65. The molecular formula is C14H14N2O. The molecule has 3 nitrogen and oxygen atoms in total. The van der Waals surface area contributed by atoms with E-state index in [0.29, 0.717) is 5.69 Å². The van der Waals surface area contributed by atoms with E-state index in [-0.39, 0.29) is 17.6 Å². The first-order chi connectivity index (χ1) is 8.15. The van der Waals surface area contributed by atoms with Crippen molar-refractivity contribution in [3.63, 3.8) is 0 Å². The fraction of sp³-hybridized carbons (Fsp3) is 0.214. The fourth-order valence-electron chi connectivity index (χ4n) is 2.69. The Labute approximate surface area is 99.8 Å². The van der Waals surface area contributed by atoms with Crippen molar-refractivity contribution in [2.75, 3.05) is 5.73 Å². The molecule has 0 saturated heterocycles. The highest BCUT2D eigenvalue weighted by molar-refractivity contribution is 6.02. The second-order valence-corrected chi connectivity index (χ2v) is 4.70. The third kappa shape index (κ3) is 1.55. The van der Waals surface area contributed by atoms with Gasteiger partial charge in [-0.2, -0.15) is 0 Å². The highest BCUT2D eigenvalue weighted by Gasteiger charge is 2.34. The molecule has 0 saturated carbocycles. The molecule has 17 heavy (non-hydrogen) atoms. The Morgan fingerprint density at radius 1 is 1.24 bits per heavy atom. The first-order valence-electron chi connectivity index (χ1n) is 5.73. The highest BCUT2D eigenvalue weighted by atomic mass is 16.1. The molecule has 4 N–H and O–H groups in total. The Hall–Kier alpha value is -2.03. The Balaban J connectivity index is 2.09. The second kappa shape index (κ2) is 3.48. The van der Waals surface area contributed by atoms with Gasteiger partial charge >= 0.3 is 0 Å². The Morgan fingerprint density at radius 2 is 2.06 bits per heavy atom. The Morgan fingerprint density at radius 3 is 2.88 bits per heavy atom. The summed E-state index contributed by atoms with van der Waals surface area (Å²) in [5, 5.41) is 0. The van der Waals surface area contributed by atoms with Crippen LogP contribution in [0, 0.1) is 11.8 Å². The summed E-state index contributed by atoms with van der Waals surface area (Å²) in [6.45, 7) is 0.